The number of carboxylic acid groups (broad SMARTS) is 2. The number of aliphatic hydroxyl groups is 1. The summed E-state index contributed by atoms with van der Waals surface area (Å²) in [6, 6.07) is 3.55. The lowest BCUT2D eigenvalue weighted by molar-refractivity contribution is -0.140. The van der Waals surface area contributed by atoms with Gasteiger partial charge in [-0.2, -0.15) is 4.89 Å². The maximum Gasteiger partial charge on any atom is 0.542 e. The molecule has 1 rings (SSSR count). The molecule has 21 heavy (non-hydrogen) atoms. The zero-order valence-corrected chi connectivity index (χ0v) is 11.4. The van der Waals surface area contributed by atoms with E-state index in [1.165, 1.54) is 12.1 Å². The predicted molar refractivity (Wildman–Crippen MR) is 67.5 cm³/mol. The van der Waals surface area contributed by atoms with Crippen LogP contribution in [0.25, 0.3) is 0 Å². The first kappa shape index (κ1) is 16.8. The van der Waals surface area contributed by atoms with Crippen LogP contribution in [-0.2, 0) is 14.2 Å². The van der Waals surface area contributed by atoms with Gasteiger partial charge >= 0.3 is 25.8 Å². The van der Waals surface area contributed by atoms with Gasteiger partial charge in [-0.05, 0) is 22.8 Å². The SMILES string of the molecule is O=C(O)COc1ccc(C(O)[P+](=O)O)cc1OCC(=O)O. The fraction of sp³-hybridized carbons (Fsp3) is 0.273. The van der Waals surface area contributed by atoms with Crippen molar-refractivity contribution in [3.05, 3.63) is 23.8 Å². The minimum Gasteiger partial charge on any atom is -0.479 e. The number of carbonyl (C=O) groups is 2. The van der Waals surface area contributed by atoms with Crippen molar-refractivity contribution < 1.29 is 43.8 Å². The van der Waals surface area contributed by atoms with Crippen LogP contribution in [0.1, 0.15) is 11.4 Å². The van der Waals surface area contributed by atoms with Gasteiger partial charge < -0.3 is 24.8 Å². The van der Waals surface area contributed by atoms with Crippen LogP contribution < -0.4 is 9.47 Å². The van der Waals surface area contributed by atoms with Crippen LogP contribution >= 0.6 is 8.03 Å². The molecule has 1 aromatic carbocycles. The molecule has 0 radical (unpaired) electrons. The van der Waals surface area contributed by atoms with Gasteiger partial charge in [0.2, 0.25) is 0 Å². The molecule has 1 aromatic rings. The van der Waals surface area contributed by atoms with E-state index in [4.69, 9.17) is 24.6 Å². The van der Waals surface area contributed by atoms with Crippen LogP contribution in [-0.4, -0.2) is 45.4 Å². The zero-order valence-electron chi connectivity index (χ0n) is 10.5. The smallest absolute Gasteiger partial charge is 0.479 e. The third-order valence-corrected chi connectivity index (χ3v) is 2.89. The van der Waals surface area contributed by atoms with Gasteiger partial charge in [-0.3, -0.25) is 0 Å². The lowest BCUT2D eigenvalue weighted by Crippen LogP contribution is -2.13. The van der Waals surface area contributed by atoms with Gasteiger partial charge in [-0.25, -0.2) is 9.59 Å². The van der Waals surface area contributed by atoms with E-state index in [-0.39, 0.29) is 17.1 Å². The molecular formula is C11H12O9P+. The molecule has 10 heteroatoms. The molecule has 114 valence electrons. The third kappa shape index (κ3) is 5.35. The van der Waals surface area contributed by atoms with Crippen molar-refractivity contribution in [3.8, 4) is 11.5 Å². The Hall–Kier alpha value is -2.22. The summed E-state index contributed by atoms with van der Waals surface area (Å²) in [5, 5.41) is 26.6. The predicted octanol–water partition coefficient (Wildman–Crippen LogP) is 0.339. The fourth-order valence-electron chi connectivity index (χ4n) is 1.32. The average Bonchev–Trinajstić information content (AvgIpc) is 2.42. The van der Waals surface area contributed by atoms with E-state index < -0.39 is 39.0 Å². The number of hydrogen-bond acceptors (Lipinski definition) is 6. The molecule has 0 saturated carbocycles. The molecular weight excluding hydrogens is 307 g/mol. The van der Waals surface area contributed by atoms with Crippen LogP contribution in [0.4, 0.5) is 0 Å². The van der Waals surface area contributed by atoms with Crippen molar-refractivity contribution in [1.82, 2.24) is 0 Å². The highest BCUT2D eigenvalue weighted by atomic mass is 31.1. The van der Waals surface area contributed by atoms with E-state index in [0.717, 1.165) is 6.07 Å². The van der Waals surface area contributed by atoms with Gasteiger partial charge in [0.25, 0.3) is 0 Å². The van der Waals surface area contributed by atoms with Crippen molar-refractivity contribution in [3.63, 3.8) is 0 Å². The van der Waals surface area contributed by atoms with Crippen molar-refractivity contribution in [2.24, 2.45) is 0 Å². The molecule has 0 amide bonds. The van der Waals surface area contributed by atoms with E-state index in [9.17, 15) is 19.3 Å². The van der Waals surface area contributed by atoms with Crippen LogP contribution in [0.3, 0.4) is 0 Å². The lowest BCUT2D eigenvalue weighted by atomic mass is 10.2. The van der Waals surface area contributed by atoms with Gasteiger partial charge in [0, 0.05) is 5.56 Å². The van der Waals surface area contributed by atoms with Crippen LogP contribution in [0.15, 0.2) is 18.2 Å². The summed E-state index contributed by atoms with van der Waals surface area (Å²) in [7, 11) is -2.90. The molecule has 9 nitrogen and oxygen atoms in total. The largest absolute Gasteiger partial charge is 0.542 e. The van der Waals surface area contributed by atoms with Gasteiger partial charge in [-0.15, -0.1) is 0 Å². The van der Waals surface area contributed by atoms with Crippen molar-refractivity contribution in [2.45, 2.75) is 5.85 Å². The summed E-state index contributed by atoms with van der Waals surface area (Å²) in [4.78, 5) is 29.8. The van der Waals surface area contributed by atoms with E-state index in [0.29, 0.717) is 0 Å². The number of aliphatic hydroxyl groups excluding tert-OH is 1. The van der Waals surface area contributed by atoms with Crippen molar-refractivity contribution in [1.29, 1.82) is 0 Å². The molecule has 2 unspecified atom stereocenters. The van der Waals surface area contributed by atoms with Crippen molar-refractivity contribution in [2.75, 3.05) is 13.2 Å². The molecule has 0 spiro atoms. The second-order valence-corrected chi connectivity index (χ2v) is 4.84. The average molecular weight is 319 g/mol. The number of aliphatic carboxylic acids is 2. The lowest BCUT2D eigenvalue weighted by Gasteiger charge is -2.11. The molecule has 0 aliphatic rings. The summed E-state index contributed by atoms with van der Waals surface area (Å²) in [6.07, 6.45) is 0. The maximum absolute atomic E-state index is 10.8. The third-order valence-electron chi connectivity index (χ3n) is 2.18. The first-order valence-corrected chi connectivity index (χ1v) is 6.76. The Morgan fingerprint density at radius 1 is 1.10 bits per heavy atom. The quantitative estimate of drug-likeness (QED) is 0.497. The van der Waals surface area contributed by atoms with Crippen LogP contribution in [0, 0.1) is 0 Å². The Balaban J connectivity index is 3.03. The first-order valence-electron chi connectivity index (χ1n) is 5.47. The molecule has 0 bridgehead atoms. The highest BCUT2D eigenvalue weighted by Gasteiger charge is 2.29. The topological polar surface area (TPSA) is 151 Å². The molecule has 0 saturated heterocycles. The van der Waals surface area contributed by atoms with E-state index in [1.54, 1.807) is 0 Å². The zero-order chi connectivity index (χ0) is 16.0. The summed E-state index contributed by atoms with van der Waals surface area (Å²) in [5.74, 6) is -4.43. The molecule has 0 heterocycles. The van der Waals surface area contributed by atoms with Gasteiger partial charge in [0.05, 0.1) is 0 Å². The maximum atomic E-state index is 10.8. The number of benzene rings is 1. The minimum absolute atomic E-state index is 0.00155. The molecule has 4 N–H and O–H groups in total. The Labute approximate surface area is 119 Å². The molecule has 2 atom stereocenters. The van der Waals surface area contributed by atoms with Gasteiger partial charge in [0.15, 0.2) is 24.7 Å². The van der Waals surface area contributed by atoms with Gasteiger partial charge in [-0.1, -0.05) is 0 Å². The van der Waals surface area contributed by atoms with Crippen LogP contribution in [0.5, 0.6) is 11.5 Å². The Morgan fingerprint density at radius 3 is 2.10 bits per heavy atom. The summed E-state index contributed by atoms with van der Waals surface area (Å²) < 4.78 is 20.6. The Kier molecular flexibility index (Phi) is 6.04. The van der Waals surface area contributed by atoms with E-state index >= 15 is 0 Å². The number of hydrogen-bond donors (Lipinski definition) is 4. The summed E-state index contributed by atoms with van der Waals surface area (Å²) in [5.41, 5.74) is 0.00155. The van der Waals surface area contributed by atoms with Crippen LogP contribution in [0.2, 0.25) is 0 Å². The normalized spacial score (nSPS) is 12.4. The standard InChI is InChI=1S/C11H11O9P/c12-9(13)4-19-7-2-1-6(11(16)21(17)18)3-8(7)20-5-10(14)15/h1-3,11,16H,4-5H2,(H2-,12,13,14,15,17,18)/p+1. The highest BCUT2D eigenvalue weighted by Crippen LogP contribution is 2.38. The minimum atomic E-state index is -2.90. The molecule has 0 aliphatic heterocycles. The summed E-state index contributed by atoms with van der Waals surface area (Å²) >= 11 is 0. The molecule has 0 aromatic heterocycles. The highest BCUT2D eigenvalue weighted by molar-refractivity contribution is 7.38. The summed E-state index contributed by atoms with van der Waals surface area (Å²) in [6.45, 7) is -1.41. The Bertz CT molecular complexity index is 557. The molecule has 0 aliphatic carbocycles. The van der Waals surface area contributed by atoms with E-state index in [2.05, 4.69) is 0 Å². The van der Waals surface area contributed by atoms with Crippen molar-refractivity contribution >= 4 is 20.0 Å². The first-order chi connectivity index (χ1) is 9.81. The Morgan fingerprint density at radius 2 is 1.62 bits per heavy atom. The second-order valence-electron chi connectivity index (χ2n) is 3.75. The van der Waals surface area contributed by atoms with Gasteiger partial charge in [0.1, 0.15) is 0 Å². The monoisotopic (exact) mass is 319 g/mol. The van der Waals surface area contributed by atoms with E-state index in [1.807, 2.05) is 0 Å². The number of carboxylic acids is 2. The second kappa shape index (κ2) is 7.53. The molecule has 0 fully saturated rings. The number of rotatable bonds is 8. The number of ether oxygens (including phenoxy) is 2. The fourth-order valence-corrected chi connectivity index (χ4v) is 1.74.